The van der Waals surface area contributed by atoms with Crippen LogP contribution in [0.3, 0.4) is 0 Å². The van der Waals surface area contributed by atoms with Crippen molar-refractivity contribution in [3.8, 4) is 5.75 Å². The number of nitrogens with zero attached hydrogens (tertiary/aromatic N) is 4. The molecule has 0 saturated heterocycles. The quantitative estimate of drug-likeness (QED) is 0.278. The van der Waals surface area contributed by atoms with E-state index in [1.165, 1.54) is 17.3 Å². The van der Waals surface area contributed by atoms with Crippen molar-refractivity contribution in [3.05, 3.63) is 88.2 Å². The number of aromatic nitrogens is 2. The van der Waals surface area contributed by atoms with Gasteiger partial charge >= 0.3 is 0 Å². The van der Waals surface area contributed by atoms with E-state index in [-0.39, 0.29) is 23.1 Å². The largest absolute Gasteiger partial charge is 0.491 e. The third-order valence-electron chi connectivity index (χ3n) is 11.5. The van der Waals surface area contributed by atoms with Gasteiger partial charge in [-0.05, 0) is 117 Å². The number of benzene rings is 2. The van der Waals surface area contributed by atoms with Crippen LogP contribution in [0, 0.1) is 23.7 Å². The summed E-state index contributed by atoms with van der Waals surface area (Å²) < 4.78 is 36.0. The van der Waals surface area contributed by atoms with Gasteiger partial charge in [-0.3, -0.25) is 19.0 Å². The van der Waals surface area contributed by atoms with Crippen molar-refractivity contribution < 1.29 is 23.3 Å². The first-order valence-electron chi connectivity index (χ1n) is 18.2. The number of carbonyl (C=O) groups excluding carboxylic acids is 2. The summed E-state index contributed by atoms with van der Waals surface area (Å²) in [6, 6.07) is 11.6. The Kier molecular flexibility index (Phi) is 10.3. The standard InChI is InChI=1S/C39H48ClN5O5S/c1-5-45-23-30(20-41-45)39(47)43-51(48)25(3)24(2)7-6-8-36(49-4)32-13-10-28(32)21-44-22-29-9-12-31(40)19-34(29)33-17-26(33)15-16-50-37-14-11-27(18-35(37)44)38(46)42-51/h6,8-9,11-12,14,18-20,23-26,28,32-33,36H,5,7,10,13,15-17,21-22H2,1-4H3,(H,42,43,46,47,48)/b8-6+. The summed E-state index contributed by atoms with van der Waals surface area (Å²) in [7, 11) is -1.85. The van der Waals surface area contributed by atoms with Crippen molar-refractivity contribution >= 4 is 39.0 Å². The fraction of sp³-hybridized carbons (Fsp3) is 0.513. The number of anilines is 1. The average molecular weight is 734 g/mol. The van der Waals surface area contributed by atoms with Gasteiger partial charge in [0.05, 0.1) is 35.4 Å². The molecule has 2 aliphatic carbocycles. The highest BCUT2D eigenvalue weighted by molar-refractivity contribution is 7.93. The van der Waals surface area contributed by atoms with Gasteiger partial charge in [0.2, 0.25) is 0 Å². The molecule has 2 saturated carbocycles. The zero-order valence-electron chi connectivity index (χ0n) is 29.8. The number of carbonyl (C=O) groups is 2. The Bertz CT molecular complexity index is 1950. The summed E-state index contributed by atoms with van der Waals surface area (Å²) in [4.78, 5) is 29.9. The number of amides is 2. The predicted octanol–water partition coefficient (Wildman–Crippen LogP) is 7.43. The normalized spacial score (nSPS) is 31.3. The summed E-state index contributed by atoms with van der Waals surface area (Å²) in [5.41, 5.74) is 3.83. The molecule has 12 heteroatoms. The summed E-state index contributed by atoms with van der Waals surface area (Å²) in [5, 5.41) is 4.28. The van der Waals surface area contributed by atoms with Crippen molar-refractivity contribution in [2.24, 2.45) is 28.0 Å². The molecule has 3 aromatic rings. The van der Waals surface area contributed by atoms with Gasteiger partial charge in [0.1, 0.15) is 15.7 Å². The SMILES string of the molecule is CCn1cc(C(=O)NS2(=O)=NC(=O)c3ccc4c(c3)N(Cc3ccc(Cl)cc3C3CC3CCO4)CC3CCC3C(OC)/C=C/CC(C)C2C)cn1. The highest BCUT2D eigenvalue weighted by Gasteiger charge is 2.41. The molecule has 4 aliphatic rings. The van der Waals surface area contributed by atoms with Gasteiger partial charge < -0.3 is 14.4 Å². The molecule has 51 heavy (non-hydrogen) atoms. The van der Waals surface area contributed by atoms with Gasteiger partial charge in [-0.1, -0.05) is 36.7 Å². The molecule has 10 nitrogen and oxygen atoms in total. The summed E-state index contributed by atoms with van der Waals surface area (Å²) in [6.45, 7) is 8.16. The first-order chi connectivity index (χ1) is 24.6. The van der Waals surface area contributed by atoms with E-state index in [4.69, 9.17) is 21.1 Å². The zero-order valence-corrected chi connectivity index (χ0v) is 31.4. The van der Waals surface area contributed by atoms with Gasteiger partial charge in [0, 0.05) is 43.5 Å². The Hall–Kier alpha value is -3.67. The molecule has 1 aromatic heterocycles. The van der Waals surface area contributed by atoms with Gasteiger partial charge in [0.25, 0.3) is 11.8 Å². The van der Waals surface area contributed by atoms with Crippen molar-refractivity contribution in [2.75, 3.05) is 25.2 Å². The van der Waals surface area contributed by atoms with E-state index in [2.05, 4.69) is 43.4 Å². The third-order valence-corrected chi connectivity index (χ3v) is 14.1. The molecule has 1 N–H and O–H groups in total. The van der Waals surface area contributed by atoms with E-state index in [1.807, 2.05) is 32.0 Å². The van der Waals surface area contributed by atoms with Crippen LogP contribution in [-0.2, 0) is 27.7 Å². The lowest BCUT2D eigenvalue weighted by Crippen LogP contribution is -2.43. The molecular formula is C39H48ClN5O5S. The lowest BCUT2D eigenvalue weighted by Gasteiger charge is -2.43. The first kappa shape index (κ1) is 35.7. The molecular weight excluding hydrogens is 686 g/mol. The monoisotopic (exact) mass is 733 g/mol. The number of fused-ring (bicyclic) bond motifs is 5. The number of ether oxygens (including phenoxy) is 2. The maximum atomic E-state index is 14.8. The highest BCUT2D eigenvalue weighted by Crippen LogP contribution is 2.52. The molecule has 2 bridgehead atoms. The van der Waals surface area contributed by atoms with Crippen LogP contribution in [-0.4, -0.2) is 57.4 Å². The number of methoxy groups -OCH3 is 1. The molecule has 0 spiro atoms. The van der Waals surface area contributed by atoms with Crippen molar-refractivity contribution in [3.63, 3.8) is 0 Å². The average Bonchev–Trinajstić information content (AvgIpc) is 3.71. The molecule has 3 heterocycles. The van der Waals surface area contributed by atoms with Crippen LogP contribution in [0.1, 0.15) is 90.6 Å². The first-order valence-corrected chi connectivity index (χ1v) is 20.2. The minimum Gasteiger partial charge on any atom is -0.491 e. The van der Waals surface area contributed by atoms with E-state index in [1.54, 1.807) is 31.0 Å². The molecule has 8 atom stereocenters. The number of hydrogen-bond acceptors (Lipinski definition) is 7. The van der Waals surface area contributed by atoms with Gasteiger partial charge in [-0.15, -0.1) is 4.36 Å². The van der Waals surface area contributed by atoms with Gasteiger partial charge in [-0.25, -0.2) is 4.21 Å². The number of rotatable bonds is 4. The Morgan fingerprint density at radius 1 is 1.14 bits per heavy atom. The van der Waals surface area contributed by atoms with Crippen LogP contribution < -0.4 is 14.4 Å². The Morgan fingerprint density at radius 2 is 1.98 bits per heavy atom. The van der Waals surface area contributed by atoms with E-state index in [0.29, 0.717) is 55.5 Å². The van der Waals surface area contributed by atoms with Crippen LogP contribution in [0.2, 0.25) is 5.02 Å². The number of hydrogen-bond donors (Lipinski definition) is 1. The number of aryl methyl sites for hydroxylation is 1. The van der Waals surface area contributed by atoms with E-state index >= 15 is 0 Å². The second-order valence-corrected chi connectivity index (χ2v) is 17.4. The minimum absolute atomic E-state index is 0.0751. The highest BCUT2D eigenvalue weighted by atomic mass is 35.5. The summed E-state index contributed by atoms with van der Waals surface area (Å²) >= 11 is 6.55. The fourth-order valence-corrected chi connectivity index (χ4v) is 9.94. The van der Waals surface area contributed by atoms with E-state index < -0.39 is 27.0 Å². The summed E-state index contributed by atoms with van der Waals surface area (Å²) in [5.74, 6) is 0.955. The smallest absolute Gasteiger partial charge is 0.286 e. The second kappa shape index (κ2) is 14.8. The molecule has 2 aromatic carbocycles. The molecule has 0 radical (unpaired) electrons. The third kappa shape index (κ3) is 7.48. The molecule has 2 fully saturated rings. The minimum atomic E-state index is -3.61. The molecule has 7 rings (SSSR count). The molecule has 2 aliphatic heterocycles. The van der Waals surface area contributed by atoms with Crippen LogP contribution in [0.5, 0.6) is 5.75 Å². The lowest BCUT2D eigenvalue weighted by molar-refractivity contribution is 0.0133. The van der Waals surface area contributed by atoms with E-state index in [9.17, 15) is 13.8 Å². The van der Waals surface area contributed by atoms with Crippen molar-refractivity contribution in [1.29, 1.82) is 0 Å². The predicted molar refractivity (Wildman–Crippen MR) is 200 cm³/mol. The number of allylic oxidation sites excluding steroid dienone is 1. The van der Waals surface area contributed by atoms with E-state index in [0.717, 1.165) is 42.9 Å². The lowest BCUT2D eigenvalue weighted by atomic mass is 9.70. The van der Waals surface area contributed by atoms with Gasteiger partial charge in [0.15, 0.2) is 0 Å². The maximum Gasteiger partial charge on any atom is 0.286 e. The fourth-order valence-electron chi connectivity index (χ4n) is 7.88. The Labute approximate surface area is 306 Å². The van der Waals surface area contributed by atoms with Crippen LogP contribution in [0.15, 0.2) is 65.3 Å². The molecule has 272 valence electrons. The van der Waals surface area contributed by atoms with Crippen molar-refractivity contribution in [2.45, 2.75) is 83.2 Å². The number of halogens is 1. The van der Waals surface area contributed by atoms with Crippen molar-refractivity contribution in [1.82, 2.24) is 14.5 Å². The second-order valence-electron chi connectivity index (χ2n) is 14.7. The molecule has 2 amide bonds. The van der Waals surface area contributed by atoms with Gasteiger partial charge in [-0.2, -0.15) is 5.10 Å². The Morgan fingerprint density at radius 3 is 2.73 bits per heavy atom. The number of nitrogens with one attached hydrogen (secondary N) is 1. The van der Waals surface area contributed by atoms with Crippen LogP contribution in [0.25, 0.3) is 0 Å². The Balaban J connectivity index is 1.33. The van der Waals surface area contributed by atoms with Crippen LogP contribution >= 0.6 is 11.6 Å². The molecule has 8 unspecified atom stereocenters. The zero-order chi connectivity index (χ0) is 35.9. The topological polar surface area (TPSA) is 115 Å². The summed E-state index contributed by atoms with van der Waals surface area (Å²) in [6.07, 6.45) is 11.9. The van der Waals surface area contributed by atoms with Crippen LogP contribution in [0.4, 0.5) is 5.69 Å². The maximum absolute atomic E-state index is 14.8.